The molecule has 8 heteroatoms. The summed E-state index contributed by atoms with van der Waals surface area (Å²) >= 11 is 6.82. The van der Waals surface area contributed by atoms with E-state index >= 15 is 0 Å². The molecule has 0 atom stereocenters. The molecule has 3 aromatic rings. The zero-order valence-corrected chi connectivity index (χ0v) is 12.7. The highest BCUT2D eigenvalue weighted by atomic mass is 35.5. The first-order valence-corrected chi connectivity index (χ1v) is 7.22. The molecule has 0 fully saturated rings. The number of nitrogens with zero attached hydrogens (tertiary/aromatic N) is 1. The van der Waals surface area contributed by atoms with E-state index in [2.05, 4.69) is 9.72 Å². The van der Waals surface area contributed by atoms with E-state index in [9.17, 15) is 9.59 Å². The number of hydrogen-bond acceptors (Lipinski definition) is 7. The second kappa shape index (κ2) is 5.78. The van der Waals surface area contributed by atoms with E-state index < -0.39 is 11.6 Å². The van der Waals surface area contributed by atoms with Gasteiger partial charge >= 0.3 is 11.6 Å². The summed E-state index contributed by atoms with van der Waals surface area (Å²) in [7, 11) is 1.25. The number of fused-ring (bicyclic) bond motifs is 1. The molecule has 0 amide bonds. The summed E-state index contributed by atoms with van der Waals surface area (Å²) in [5.41, 5.74) is -0.0595. The zero-order chi connectivity index (χ0) is 15.7. The van der Waals surface area contributed by atoms with Gasteiger partial charge in [-0.05, 0) is 18.2 Å². The van der Waals surface area contributed by atoms with E-state index in [1.54, 1.807) is 24.3 Å². The molecule has 0 bridgehead atoms. The minimum absolute atomic E-state index is 0.0131. The molecule has 0 N–H and O–H groups in total. The topological polar surface area (TPSA) is 78.6 Å². The second-order valence-corrected chi connectivity index (χ2v) is 5.47. The number of halogens is 1. The fraction of sp³-hybridized carbons (Fsp3) is 0.0714. The fourth-order valence-electron chi connectivity index (χ4n) is 1.75. The van der Waals surface area contributed by atoms with Crippen LogP contribution in [0.15, 0.2) is 39.5 Å². The van der Waals surface area contributed by atoms with Gasteiger partial charge in [-0.1, -0.05) is 22.9 Å². The van der Waals surface area contributed by atoms with Crippen molar-refractivity contribution in [2.24, 2.45) is 0 Å². The molecule has 0 aliphatic heterocycles. The summed E-state index contributed by atoms with van der Waals surface area (Å²) in [5.74, 6) is -0.175. The number of benzene rings is 1. The van der Waals surface area contributed by atoms with Crippen LogP contribution in [0.3, 0.4) is 0 Å². The highest BCUT2D eigenvalue weighted by Crippen LogP contribution is 2.33. The molecule has 0 aliphatic rings. The van der Waals surface area contributed by atoms with E-state index in [1.807, 2.05) is 0 Å². The minimum atomic E-state index is -0.582. The van der Waals surface area contributed by atoms with Crippen LogP contribution in [-0.2, 0) is 4.74 Å². The predicted octanol–water partition coefficient (Wildman–Crippen LogP) is 3.48. The van der Waals surface area contributed by atoms with Gasteiger partial charge in [0.1, 0.15) is 11.3 Å². The van der Waals surface area contributed by atoms with Crippen LogP contribution in [0.25, 0.3) is 11.0 Å². The van der Waals surface area contributed by atoms with Gasteiger partial charge in [0.05, 0.1) is 7.11 Å². The highest BCUT2D eigenvalue weighted by molar-refractivity contribution is 7.15. The van der Waals surface area contributed by atoms with Crippen LogP contribution in [0.5, 0.6) is 10.9 Å². The SMILES string of the molecule is COC(=O)c1sc(Oc2ccc3ccc(=O)oc3c2)nc1Cl. The van der Waals surface area contributed by atoms with Crippen molar-refractivity contribution in [1.29, 1.82) is 0 Å². The second-order valence-electron chi connectivity index (χ2n) is 4.15. The first-order valence-electron chi connectivity index (χ1n) is 6.03. The lowest BCUT2D eigenvalue weighted by molar-refractivity contribution is 0.0606. The van der Waals surface area contributed by atoms with Gasteiger partial charge < -0.3 is 13.9 Å². The maximum atomic E-state index is 11.5. The van der Waals surface area contributed by atoms with E-state index in [0.29, 0.717) is 11.3 Å². The average molecular weight is 338 g/mol. The number of ether oxygens (including phenoxy) is 2. The van der Waals surface area contributed by atoms with Crippen molar-refractivity contribution in [2.75, 3.05) is 7.11 Å². The van der Waals surface area contributed by atoms with Crippen molar-refractivity contribution >= 4 is 39.9 Å². The summed E-state index contributed by atoms with van der Waals surface area (Å²) in [4.78, 5) is 26.8. The summed E-state index contributed by atoms with van der Waals surface area (Å²) < 4.78 is 15.2. The van der Waals surface area contributed by atoms with Gasteiger partial charge in [-0.25, -0.2) is 9.59 Å². The van der Waals surface area contributed by atoms with E-state index in [0.717, 1.165) is 16.7 Å². The van der Waals surface area contributed by atoms with Gasteiger partial charge in [-0.3, -0.25) is 0 Å². The van der Waals surface area contributed by atoms with Crippen LogP contribution >= 0.6 is 22.9 Å². The van der Waals surface area contributed by atoms with Crippen LogP contribution in [0, 0.1) is 0 Å². The number of carbonyl (C=O) groups is 1. The van der Waals surface area contributed by atoms with Gasteiger partial charge in [0.2, 0.25) is 0 Å². The Labute approximate surface area is 132 Å². The number of carbonyl (C=O) groups excluding carboxylic acids is 1. The molecule has 0 spiro atoms. The molecule has 22 heavy (non-hydrogen) atoms. The number of thiazole rings is 1. The van der Waals surface area contributed by atoms with Gasteiger partial charge in [-0.15, -0.1) is 0 Å². The Morgan fingerprint density at radius 3 is 2.86 bits per heavy atom. The minimum Gasteiger partial charge on any atom is -0.465 e. The standard InChI is InChI=1S/C14H8ClNO5S/c1-19-13(18)11-12(15)16-14(22-11)20-8-4-2-7-3-5-10(17)21-9(7)6-8/h2-6H,1H3. The van der Waals surface area contributed by atoms with Gasteiger partial charge in [-0.2, -0.15) is 4.98 Å². The van der Waals surface area contributed by atoms with Crippen LogP contribution < -0.4 is 10.4 Å². The molecule has 0 aliphatic carbocycles. The van der Waals surface area contributed by atoms with Crippen molar-refractivity contribution in [3.8, 4) is 10.9 Å². The Balaban J connectivity index is 1.93. The third-order valence-corrected chi connectivity index (χ3v) is 4.04. The van der Waals surface area contributed by atoms with Gasteiger partial charge in [0.15, 0.2) is 10.0 Å². The Morgan fingerprint density at radius 1 is 1.32 bits per heavy atom. The molecule has 0 unspecified atom stereocenters. The summed E-state index contributed by atoms with van der Waals surface area (Å²) in [6.45, 7) is 0. The highest BCUT2D eigenvalue weighted by Gasteiger charge is 2.18. The summed E-state index contributed by atoms with van der Waals surface area (Å²) in [5, 5.41) is 0.960. The van der Waals surface area contributed by atoms with Crippen LogP contribution in [0.1, 0.15) is 9.67 Å². The Morgan fingerprint density at radius 2 is 2.09 bits per heavy atom. The smallest absolute Gasteiger partial charge is 0.351 e. The lowest BCUT2D eigenvalue weighted by atomic mass is 10.2. The quantitative estimate of drug-likeness (QED) is 0.537. The molecule has 0 saturated carbocycles. The molecule has 0 radical (unpaired) electrons. The molecule has 1 aromatic carbocycles. The number of aromatic nitrogens is 1. The molecule has 3 rings (SSSR count). The third kappa shape index (κ3) is 2.81. The van der Waals surface area contributed by atoms with E-state index in [1.165, 1.54) is 13.2 Å². The van der Waals surface area contributed by atoms with Crippen molar-refractivity contribution in [1.82, 2.24) is 4.98 Å². The summed E-state index contributed by atoms with van der Waals surface area (Å²) in [6, 6.07) is 7.98. The van der Waals surface area contributed by atoms with Crippen molar-refractivity contribution in [3.63, 3.8) is 0 Å². The monoisotopic (exact) mass is 337 g/mol. The average Bonchev–Trinajstić information content (AvgIpc) is 2.86. The molecular weight excluding hydrogens is 330 g/mol. The Bertz CT molecular complexity index is 917. The number of methoxy groups -OCH3 is 1. The van der Waals surface area contributed by atoms with Crippen LogP contribution in [0.2, 0.25) is 5.15 Å². The van der Waals surface area contributed by atoms with E-state index in [4.69, 9.17) is 20.8 Å². The molecule has 112 valence electrons. The number of rotatable bonds is 3. The maximum absolute atomic E-state index is 11.5. The van der Waals surface area contributed by atoms with Crippen molar-refractivity contribution in [3.05, 3.63) is 50.8 Å². The fourth-order valence-corrected chi connectivity index (χ4v) is 2.82. The zero-order valence-electron chi connectivity index (χ0n) is 11.2. The molecule has 2 heterocycles. The van der Waals surface area contributed by atoms with Crippen molar-refractivity contribution < 1.29 is 18.7 Å². The first-order chi connectivity index (χ1) is 10.6. The molecule has 2 aromatic heterocycles. The number of esters is 1. The van der Waals surface area contributed by atoms with Gasteiger partial charge in [0, 0.05) is 17.5 Å². The van der Waals surface area contributed by atoms with E-state index in [-0.39, 0.29) is 15.2 Å². The third-order valence-electron chi connectivity index (χ3n) is 2.74. The lowest BCUT2D eigenvalue weighted by Crippen LogP contribution is -1.98. The molecular formula is C14H8ClNO5S. The largest absolute Gasteiger partial charge is 0.465 e. The first kappa shape index (κ1) is 14.6. The van der Waals surface area contributed by atoms with Crippen molar-refractivity contribution in [2.45, 2.75) is 0 Å². The molecule has 6 nitrogen and oxygen atoms in total. The Kier molecular flexibility index (Phi) is 3.82. The normalized spacial score (nSPS) is 10.6. The lowest BCUT2D eigenvalue weighted by Gasteiger charge is -2.02. The van der Waals surface area contributed by atoms with Crippen LogP contribution in [0.4, 0.5) is 0 Å². The Hall–Kier alpha value is -2.38. The predicted molar refractivity (Wildman–Crippen MR) is 81.0 cm³/mol. The summed E-state index contributed by atoms with van der Waals surface area (Å²) in [6.07, 6.45) is 0. The van der Waals surface area contributed by atoms with Crippen LogP contribution in [-0.4, -0.2) is 18.1 Å². The number of hydrogen-bond donors (Lipinski definition) is 0. The van der Waals surface area contributed by atoms with Gasteiger partial charge in [0.25, 0.3) is 5.19 Å². The molecule has 0 saturated heterocycles. The maximum Gasteiger partial charge on any atom is 0.351 e.